The van der Waals surface area contributed by atoms with E-state index in [2.05, 4.69) is 27.0 Å². The van der Waals surface area contributed by atoms with Crippen LogP contribution in [0.25, 0.3) is 0 Å². The van der Waals surface area contributed by atoms with Gasteiger partial charge in [0.25, 0.3) is 0 Å². The van der Waals surface area contributed by atoms with E-state index in [4.69, 9.17) is 5.11 Å². The van der Waals surface area contributed by atoms with Crippen molar-refractivity contribution in [3.63, 3.8) is 0 Å². The predicted octanol–water partition coefficient (Wildman–Crippen LogP) is 3.80. The van der Waals surface area contributed by atoms with Crippen LogP contribution >= 0.6 is 27.7 Å². The average Bonchev–Trinajstić information content (AvgIpc) is 2.32. The van der Waals surface area contributed by atoms with Crippen LogP contribution < -0.4 is 0 Å². The summed E-state index contributed by atoms with van der Waals surface area (Å²) >= 11 is 5.09. The zero-order valence-electron chi connectivity index (χ0n) is 9.35. The number of nitrogens with zero attached hydrogens (tertiary/aromatic N) is 1. The molecular formula is C13H12BrNOS. The predicted molar refractivity (Wildman–Crippen MR) is 73.2 cm³/mol. The minimum atomic E-state index is 0.0874. The molecule has 1 aromatic heterocycles. The molecule has 2 aromatic rings. The van der Waals surface area contributed by atoms with Crippen molar-refractivity contribution in [3.05, 3.63) is 52.1 Å². The monoisotopic (exact) mass is 309 g/mol. The van der Waals surface area contributed by atoms with Crippen molar-refractivity contribution >= 4 is 27.7 Å². The van der Waals surface area contributed by atoms with E-state index in [9.17, 15) is 0 Å². The first-order valence-electron chi connectivity index (χ1n) is 5.19. The zero-order chi connectivity index (χ0) is 12.3. The highest BCUT2D eigenvalue weighted by atomic mass is 79.9. The van der Waals surface area contributed by atoms with E-state index < -0.39 is 0 Å². The SMILES string of the molecule is Cc1cc(Sc2ncccc2Br)ccc1CO. The first-order valence-corrected chi connectivity index (χ1v) is 6.80. The van der Waals surface area contributed by atoms with Crippen LogP contribution in [0.5, 0.6) is 0 Å². The number of hydrogen-bond acceptors (Lipinski definition) is 3. The van der Waals surface area contributed by atoms with Crippen LogP contribution in [0.15, 0.2) is 50.9 Å². The van der Waals surface area contributed by atoms with Gasteiger partial charge in [-0.1, -0.05) is 17.8 Å². The van der Waals surface area contributed by atoms with Gasteiger partial charge in [-0.15, -0.1) is 0 Å². The van der Waals surface area contributed by atoms with Crippen molar-refractivity contribution in [1.29, 1.82) is 0 Å². The molecule has 0 unspecified atom stereocenters. The summed E-state index contributed by atoms with van der Waals surface area (Å²) < 4.78 is 0.994. The van der Waals surface area contributed by atoms with E-state index in [1.807, 2.05) is 31.2 Å². The number of benzene rings is 1. The maximum atomic E-state index is 9.12. The van der Waals surface area contributed by atoms with Crippen molar-refractivity contribution in [1.82, 2.24) is 4.98 Å². The average molecular weight is 310 g/mol. The Morgan fingerprint density at radius 1 is 1.35 bits per heavy atom. The van der Waals surface area contributed by atoms with E-state index in [-0.39, 0.29) is 6.61 Å². The van der Waals surface area contributed by atoms with Gasteiger partial charge in [-0.3, -0.25) is 0 Å². The topological polar surface area (TPSA) is 33.1 Å². The normalized spacial score (nSPS) is 10.5. The maximum absolute atomic E-state index is 9.12. The highest BCUT2D eigenvalue weighted by molar-refractivity contribution is 9.10. The smallest absolute Gasteiger partial charge is 0.115 e. The fourth-order valence-corrected chi connectivity index (χ4v) is 2.84. The Morgan fingerprint density at radius 3 is 2.82 bits per heavy atom. The second-order valence-corrected chi connectivity index (χ2v) is 5.56. The number of pyridine rings is 1. The lowest BCUT2D eigenvalue weighted by Crippen LogP contribution is -1.89. The molecule has 1 aromatic carbocycles. The fraction of sp³-hybridized carbons (Fsp3) is 0.154. The maximum Gasteiger partial charge on any atom is 0.115 e. The van der Waals surface area contributed by atoms with Crippen molar-refractivity contribution in [2.45, 2.75) is 23.5 Å². The number of aryl methyl sites for hydroxylation is 1. The molecule has 2 rings (SSSR count). The largest absolute Gasteiger partial charge is 0.392 e. The summed E-state index contributed by atoms with van der Waals surface area (Å²) in [6.45, 7) is 2.09. The molecule has 0 aliphatic carbocycles. The molecular weight excluding hydrogens is 298 g/mol. The van der Waals surface area contributed by atoms with Gasteiger partial charge in [-0.2, -0.15) is 0 Å². The molecule has 0 bridgehead atoms. The first-order chi connectivity index (χ1) is 8.20. The molecule has 0 spiro atoms. The minimum Gasteiger partial charge on any atom is -0.392 e. The molecule has 2 nitrogen and oxygen atoms in total. The van der Waals surface area contributed by atoms with Crippen LogP contribution in [0.2, 0.25) is 0 Å². The third kappa shape index (κ3) is 3.09. The van der Waals surface area contributed by atoms with Crippen LogP contribution in [0.1, 0.15) is 11.1 Å². The highest BCUT2D eigenvalue weighted by Gasteiger charge is 2.04. The summed E-state index contributed by atoms with van der Waals surface area (Å²) in [6, 6.07) is 9.90. The van der Waals surface area contributed by atoms with E-state index >= 15 is 0 Å². The molecule has 88 valence electrons. The molecule has 0 aliphatic heterocycles. The number of aliphatic hydroxyl groups excluding tert-OH is 1. The van der Waals surface area contributed by atoms with Gasteiger partial charge in [0.15, 0.2) is 0 Å². The molecule has 0 atom stereocenters. The van der Waals surface area contributed by atoms with Gasteiger partial charge in [0.1, 0.15) is 5.03 Å². The summed E-state index contributed by atoms with van der Waals surface area (Å²) in [5.74, 6) is 0. The number of aliphatic hydroxyl groups is 1. The van der Waals surface area contributed by atoms with Gasteiger partial charge in [0.05, 0.1) is 11.1 Å². The summed E-state index contributed by atoms with van der Waals surface area (Å²) in [4.78, 5) is 5.44. The van der Waals surface area contributed by atoms with Crippen molar-refractivity contribution < 1.29 is 5.11 Å². The molecule has 0 radical (unpaired) electrons. The second kappa shape index (κ2) is 5.67. The van der Waals surface area contributed by atoms with Crippen LogP contribution in [-0.2, 0) is 6.61 Å². The third-order valence-electron chi connectivity index (χ3n) is 2.42. The van der Waals surface area contributed by atoms with E-state index in [1.165, 1.54) is 0 Å². The van der Waals surface area contributed by atoms with Gasteiger partial charge in [-0.05, 0) is 58.2 Å². The van der Waals surface area contributed by atoms with E-state index in [1.54, 1.807) is 18.0 Å². The zero-order valence-corrected chi connectivity index (χ0v) is 11.8. The first kappa shape index (κ1) is 12.6. The van der Waals surface area contributed by atoms with Crippen molar-refractivity contribution in [3.8, 4) is 0 Å². The molecule has 0 fully saturated rings. The molecule has 0 saturated heterocycles. The molecule has 4 heteroatoms. The molecule has 17 heavy (non-hydrogen) atoms. The fourth-order valence-electron chi connectivity index (χ4n) is 1.47. The minimum absolute atomic E-state index is 0.0874. The Hall–Kier alpha value is -0.840. The van der Waals surface area contributed by atoms with Gasteiger partial charge < -0.3 is 5.11 Å². The number of halogens is 1. The summed E-state index contributed by atoms with van der Waals surface area (Å²) in [7, 11) is 0. The number of hydrogen-bond donors (Lipinski definition) is 1. The van der Waals surface area contributed by atoms with Gasteiger partial charge in [0, 0.05) is 11.1 Å². The Balaban J connectivity index is 2.25. The van der Waals surface area contributed by atoms with Crippen LogP contribution in [0.3, 0.4) is 0 Å². The van der Waals surface area contributed by atoms with Gasteiger partial charge in [-0.25, -0.2) is 4.98 Å². The Kier molecular flexibility index (Phi) is 4.20. The third-order valence-corrected chi connectivity index (χ3v) is 4.33. The van der Waals surface area contributed by atoms with Crippen LogP contribution in [-0.4, -0.2) is 10.1 Å². The quantitative estimate of drug-likeness (QED) is 0.936. The highest BCUT2D eigenvalue weighted by Crippen LogP contribution is 2.32. The van der Waals surface area contributed by atoms with Crippen LogP contribution in [0, 0.1) is 6.92 Å². The second-order valence-electron chi connectivity index (χ2n) is 3.64. The molecule has 0 amide bonds. The lowest BCUT2D eigenvalue weighted by molar-refractivity contribution is 0.281. The van der Waals surface area contributed by atoms with E-state index in [0.717, 1.165) is 25.5 Å². The summed E-state index contributed by atoms with van der Waals surface area (Å²) in [5, 5.41) is 10.1. The lowest BCUT2D eigenvalue weighted by atomic mass is 10.1. The molecule has 1 N–H and O–H groups in total. The number of rotatable bonds is 3. The van der Waals surface area contributed by atoms with Gasteiger partial charge in [0.2, 0.25) is 0 Å². The van der Waals surface area contributed by atoms with Gasteiger partial charge >= 0.3 is 0 Å². The molecule has 1 heterocycles. The summed E-state index contributed by atoms with van der Waals surface area (Å²) in [5.41, 5.74) is 2.07. The van der Waals surface area contributed by atoms with Crippen LogP contribution in [0.4, 0.5) is 0 Å². The van der Waals surface area contributed by atoms with Crippen molar-refractivity contribution in [2.75, 3.05) is 0 Å². The van der Waals surface area contributed by atoms with E-state index in [0.29, 0.717) is 0 Å². The molecule has 0 aliphatic rings. The Bertz CT molecular complexity index is 531. The molecule has 0 saturated carbocycles. The lowest BCUT2D eigenvalue weighted by Gasteiger charge is -2.06. The number of aromatic nitrogens is 1. The summed E-state index contributed by atoms with van der Waals surface area (Å²) in [6.07, 6.45) is 1.78. The Morgan fingerprint density at radius 2 is 2.18 bits per heavy atom. The standard InChI is InChI=1S/C13H12BrNOS/c1-9-7-11(5-4-10(9)8-16)17-13-12(14)3-2-6-15-13/h2-7,16H,8H2,1H3. The Labute approximate surface area is 113 Å². The van der Waals surface area contributed by atoms with Crippen molar-refractivity contribution in [2.24, 2.45) is 0 Å².